The van der Waals surface area contributed by atoms with Gasteiger partial charge in [-0.3, -0.25) is 0 Å². The zero-order valence-electron chi connectivity index (χ0n) is 15.5. The second kappa shape index (κ2) is 6.65. The summed E-state index contributed by atoms with van der Waals surface area (Å²) in [4.78, 5) is 28.6. The van der Waals surface area contributed by atoms with E-state index in [9.17, 15) is 9.59 Å². The van der Waals surface area contributed by atoms with Crippen molar-refractivity contribution in [2.24, 2.45) is 5.92 Å². The first-order chi connectivity index (χ1) is 10.9. The Morgan fingerprint density at radius 3 is 1.58 bits per heavy atom. The molecule has 0 radical (unpaired) electrons. The van der Waals surface area contributed by atoms with Crippen LogP contribution in [-0.4, -0.2) is 64.1 Å². The number of amides is 2. The first-order valence-corrected chi connectivity index (χ1v) is 9.14. The maximum absolute atomic E-state index is 12.5. The minimum absolute atomic E-state index is 0.0113. The number of hydrogen-bond acceptors (Lipinski definition) is 5. The Morgan fingerprint density at radius 1 is 0.917 bits per heavy atom. The largest absolute Gasteiger partial charge is 0.444 e. The minimum Gasteiger partial charge on any atom is -0.444 e. The molecular formula is C17H30N2O4S. The molecule has 6 nitrogen and oxygen atoms in total. The van der Waals surface area contributed by atoms with Crippen LogP contribution in [0.15, 0.2) is 0 Å². The summed E-state index contributed by atoms with van der Waals surface area (Å²) >= 11 is 4.39. The van der Waals surface area contributed by atoms with Gasteiger partial charge >= 0.3 is 12.2 Å². The van der Waals surface area contributed by atoms with Crippen molar-refractivity contribution < 1.29 is 19.1 Å². The third kappa shape index (κ3) is 4.94. The Hall–Kier alpha value is -1.11. The van der Waals surface area contributed by atoms with Crippen LogP contribution in [0.5, 0.6) is 0 Å². The second-order valence-corrected chi connectivity index (χ2v) is 9.05. The van der Waals surface area contributed by atoms with Crippen molar-refractivity contribution in [2.45, 2.75) is 71.2 Å². The lowest BCUT2D eigenvalue weighted by Gasteiger charge is -2.29. The van der Waals surface area contributed by atoms with E-state index in [1.54, 1.807) is 9.80 Å². The summed E-state index contributed by atoms with van der Waals surface area (Å²) in [6.07, 6.45) is 0.151. The van der Waals surface area contributed by atoms with E-state index in [2.05, 4.69) is 12.6 Å². The zero-order chi connectivity index (χ0) is 18.3. The SMILES string of the molecule is CC(C)(C)OC(=O)N1C[C@@H](CS)CN(C(=O)OC(C)(C)C)[C@H]2C[C@H]21. The molecule has 7 heteroatoms. The van der Waals surface area contributed by atoms with Crippen molar-refractivity contribution in [3.8, 4) is 0 Å². The number of hydrogen-bond donors (Lipinski definition) is 1. The van der Waals surface area contributed by atoms with E-state index in [-0.39, 0.29) is 30.2 Å². The normalized spacial score (nSPS) is 27.2. The van der Waals surface area contributed by atoms with E-state index in [0.717, 1.165) is 6.42 Å². The van der Waals surface area contributed by atoms with E-state index >= 15 is 0 Å². The highest BCUT2D eigenvalue weighted by molar-refractivity contribution is 7.80. The molecule has 1 aliphatic carbocycles. The van der Waals surface area contributed by atoms with Crippen molar-refractivity contribution >= 4 is 24.8 Å². The summed E-state index contributed by atoms with van der Waals surface area (Å²) in [6, 6.07) is 0.0227. The summed E-state index contributed by atoms with van der Waals surface area (Å²) in [6.45, 7) is 12.3. The molecule has 0 bridgehead atoms. The first kappa shape index (κ1) is 19.2. The molecule has 2 rings (SSSR count). The molecule has 2 amide bonds. The van der Waals surface area contributed by atoms with Crippen LogP contribution in [0.4, 0.5) is 9.59 Å². The molecule has 24 heavy (non-hydrogen) atoms. The number of fused-ring (bicyclic) bond motifs is 1. The van der Waals surface area contributed by atoms with Gasteiger partial charge in [-0.25, -0.2) is 9.59 Å². The lowest BCUT2D eigenvalue weighted by Crippen LogP contribution is -2.41. The van der Waals surface area contributed by atoms with Gasteiger partial charge in [-0.15, -0.1) is 0 Å². The van der Waals surface area contributed by atoms with Crippen molar-refractivity contribution in [2.75, 3.05) is 18.8 Å². The molecule has 0 aromatic heterocycles. The summed E-state index contributed by atoms with van der Waals surface area (Å²) in [7, 11) is 0. The fourth-order valence-corrected chi connectivity index (χ4v) is 3.13. The lowest BCUT2D eigenvalue weighted by atomic mass is 10.1. The predicted octanol–water partition coefficient (Wildman–Crippen LogP) is 3.16. The third-order valence-electron chi connectivity index (χ3n) is 3.95. The average Bonchev–Trinajstić information content (AvgIpc) is 3.13. The highest BCUT2D eigenvalue weighted by Gasteiger charge is 2.53. The van der Waals surface area contributed by atoms with Gasteiger partial charge in [0.05, 0.1) is 12.1 Å². The summed E-state index contributed by atoms with van der Waals surface area (Å²) in [5.74, 6) is 0.694. The standard InChI is InChI=1S/C17H30N2O4S/c1-16(2,3)22-14(20)18-8-11(10-24)9-19(13-7-12(13)18)15(21)23-17(4,5)6/h11-13,24H,7-10H2,1-6H3/t11-,12-,13+. The smallest absolute Gasteiger partial charge is 0.410 e. The molecule has 2 aliphatic rings. The molecule has 0 spiro atoms. The van der Waals surface area contributed by atoms with Crippen LogP contribution >= 0.6 is 12.6 Å². The monoisotopic (exact) mass is 358 g/mol. The molecule has 1 aliphatic heterocycles. The van der Waals surface area contributed by atoms with Gasteiger partial charge in [-0.05, 0) is 53.7 Å². The molecule has 138 valence electrons. The molecule has 0 aromatic carbocycles. The molecule has 1 saturated heterocycles. The Kier molecular flexibility index (Phi) is 5.33. The zero-order valence-corrected chi connectivity index (χ0v) is 16.4. The second-order valence-electron chi connectivity index (χ2n) is 8.68. The minimum atomic E-state index is -0.533. The van der Waals surface area contributed by atoms with Gasteiger partial charge < -0.3 is 19.3 Å². The van der Waals surface area contributed by atoms with Gasteiger partial charge in [0, 0.05) is 19.0 Å². The summed E-state index contributed by atoms with van der Waals surface area (Å²) in [5, 5.41) is 0. The fraction of sp³-hybridized carbons (Fsp3) is 0.882. The Balaban J connectivity index is 2.11. The predicted molar refractivity (Wildman–Crippen MR) is 95.4 cm³/mol. The fourth-order valence-electron chi connectivity index (χ4n) is 2.90. The van der Waals surface area contributed by atoms with E-state index in [0.29, 0.717) is 18.8 Å². The van der Waals surface area contributed by atoms with E-state index in [4.69, 9.17) is 9.47 Å². The van der Waals surface area contributed by atoms with Gasteiger partial charge in [0.25, 0.3) is 0 Å². The first-order valence-electron chi connectivity index (χ1n) is 8.51. The van der Waals surface area contributed by atoms with Gasteiger partial charge in [-0.2, -0.15) is 12.6 Å². The van der Waals surface area contributed by atoms with Crippen molar-refractivity contribution in [1.82, 2.24) is 9.80 Å². The number of thiol groups is 1. The molecule has 1 heterocycles. The van der Waals surface area contributed by atoms with Gasteiger partial charge in [0.1, 0.15) is 11.2 Å². The molecule has 0 N–H and O–H groups in total. The van der Waals surface area contributed by atoms with E-state index in [1.807, 2.05) is 41.5 Å². The highest BCUT2D eigenvalue weighted by Crippen LogP contribution is 2.38. The Bertz CT molecular complexity index is 456. The van der Waals surface area contributed by atoms with Crippen molar-refractivity contribution in [3.05, 3.63) is 0 Å². The van der Waals surface area contributed by atoms with Crippen LogP contribution < -0.4 is 0 Å². The summed E-state index contributed by atoms with van der Waals surface area (Å²) < 4.78 is 11.1. The van der Waals surface area contributed by atoms with Crippen molar-refractivity contribution in [1.29, 1.82) is 0 Å². The molecule has 1 saturated carbocycles. The van der Waals surface area contributed by atoms with Crippen LogP contribution in [0.2, 0.25) is 0 Å². The number of carbonyl (C=O) groups excluding carboxylic acids is 2. The lowest BCUT2D eigenvalue weighted by molar-refractivity contribution is 0.0194. The highest BCUT2D eigenvalue weighted by atomic mass is 32.1. The molecular weight excluding hydrogens is 328 g/mol. The maximum Gasteiger partial charge on any atom is 0.410 e. The van der Waals surface area contributed by atoms with Crippen LogP contribution in [0.25, 0.3) is 0 Å². The van der Waals surface area contributed by atoms with Crippen LogP contribution in [0, 0.1) is 5.92 Å². The van der Waals surface area contributed by atoms with E-state index in [1.165, 1.54) is 0 Å². The van der Waals surface area contributed by atoms with Crippen LogP contribution in [0.1, 0.15) is 48.0 Å². The van der Waals surface area contributed by atoms with E-state index < -0.39 is 11.2 Å². The Labute approximate surface area is 150 Å². The van der Waals surface area contributed by atoms with Crippen molar-refractivity contribution in [3.63, 3.8) is 0 Å². The quantitative estimate of drug-likeness (QED) is 0.732. The van der Waals surface area contributed by atoms with Gasteiger partial charge in [-0.1, -0.05) is 0 Å². The Morgan fingerprint density at radius 2 is 1.29 bits per heavy atom. The molecule has 3 atom stereocenters. The van der Waals surface area contributed by atoms with Crippen LogP contribution in [-0.2, 0) is 9.47 Å². The topological polar surface area (TPSA) is 59.1 Å². The number of nitrogens with zero attached hydrogens (tertiary/aromatic N) is 2. The number of ether oxygens (including phenoxy) is 2. The molecule has 2 fully saturated rings. The van der Waals surface area contributed by atoms with Gasteiger partial charge in [0.15, 0.2) is 0 Å². The molecule has 0 unspecified atom stereocenters. The summed E-state index contributed by atoms with van der Waals surface area (Å²) in [5.41, 5.74) is -1.07. The maximum atomic E-state index is 12.5. The molecule has 0 aromatic rings. The average molecular weight is 359 g/mol. The van der Waals surface area contributed by atoms with Gasteiger partial charge in [0.2, 0.25) is 0 Å². The number of carbonyl (C=O) groups is 2. The third-order valence-corrected chi connectivity index (χ3v) is 4.47. The number of rotatable bonds is 1. The van der Waals surface area contributed by atoms with Crippen LogP contribution in [0.3, 0.4) is 0 Å².